The molecule has 1 heterocycles. The van der Waals surface area contributed by atoms with E-state index in [1.165, 1.54) is 19.2 Å². The second-order valence-corrected chi connectivity index (χ2v) is 10.1. The van der Waals surface area contributed by atoms with Gasteiger partial charge in [-0.05, 0) is 55.0 Å². The van der Waals surface area contributed by atoms with Crippen molar-refractivity contribution in [2.45, 2.75) is 11.3 Å². The highest BCUT2D eigenvalue weighted by molar-refractivity contribution is 9.10. The van der Waals surface area contributed by atoms with Gasteiger partial charge in [0.05, 0.1) is 23.1 Å². The van der Waals surface area contributed by atoms with Crippen LogP contribution in [0.4, 0.5) is 5.69 Å². The molecular weight excluding hydrogens is 468 g/mol. The molecule has 30 heavy (non-hydrogen) atoms. The van der Waals surface area contributed by atoms with E-state index in [0.717, 1.165) is 27.4 Å². The second-order valence-electron chi connectivity index (χ2n) is 7.10. The lowest BCUT2D eigenvalue weighted by Crippen LogP contribution is -2.42. The van der Waals surface area contributed by atoms with Gasteiger partial charge in [0, 0.05) is 43.4 Å². The van der Waals surface area contributed by atoms with Gasteiger partial charge in [-0.3, -0.25) is 4.79 Å². The fourth-order valence-corrected chi connectivity index (χ4v) is 4.72. The Morgan fingerprint density at radius 1 is 1.07 bits per heavy atom. The van der Waals surface area contributed by atoms with Crippen molar-refractivity contribution in [2.75, 3.05) is 44.7 Å². The van der Waals surface area contributed by atoms with E-state index in [-0.39, 0.29) is 17.3 Å². The SMILES string of the molecule is CN(CC(=O)N1CCCN(c2ccc(C#N)cc2)CC1)S(=O)(=O)c1ccc(Br)cc1. The maximum absolute atomic E-state index is 12.8. The van der Waals surface area contributed by atoms with Crippen molar-refractivity contribution in [1.82, 2.24) is 9.21 Å². The minimum atomic E-state index is -3.73. The topological polar surface area (TPSA) is 84.7 Å². The number of nitriles is 1. The molecule has 1 saturated heterocycles. The first-order valence-electron chi connectivity index (χ1n) is 9.56. The molecule has 0 atom stereocenters. The third-order valence-electron chi connectivity index (χ3n) is 5.09. The van der Waals surface area contributed by atoms with Crippen molar-refractivity contribution in [1.29, 1.82) is 5.26 Å². The zero-order valence-corrected chi connectivity index (χ0v) is 19.1. The fourth-order valence-electron chi connectivity index (χ4n) is 3.33. The van der Waals surface area contributed by atoms with Crippen LogP contribution in [0.3, 0.4) is 0 Å². The summed E-state index contributed by atoms with van der Waals surface area (Å²) in [7, 11) is -2.30. The van der Waals surface area contributed by atoms with Crippen LogP contribution < -0.4 is 4.90 Å². The zero-order chi connectivity index (χ0) is 21.7. The highest BCUT2D eigenvalue weighted by Crippen LogP contribution is 2.19. The monoisotopic (exact) mass is 490 g/mol. The summed E-state index contributed by atoms with van der Waals surface area (Å²) in [6, 6.07) is 15.9. The van der Waals surface area contributed by atoms with Crippen molar-refractivity contribution < 1.29 is 13.2 Å². The third-order valence-corrected chi connectivity index (χ3v) is 7.44. The predicted molar refractivity (Wildman–Crippen MR) is 119 cm³/mol. The number of nitrogens with zero attached hydrogens (tertiary/aromatic N) is 4. The summed E-state index contributed by atoms with van der Waals surface area (Å²) >= 11 is 3.29. The molecule has 0 saturated carbocycles. The van der Waals surface area contributed by atoms with Gasteiger partial charge in [0.15, 0.2) is 0 Å². The van der Waals surface area contributed by atoms with Crippen LogP contribution in [0.25, 0.3) is 0 Å². The first-order valence-corrected chi connectivity index (χ1v) is 11.8. The van der Waals surface area contributed by atoms with Crippen LogP contribution >= 0.6 is 15.9 Å². The molecule has 0 aromatic heterocycles. The molecule has 0 N–H and O–H groups in total. The van der Waals surface area contributed by atoms with E-state index >= 15 is 0 Å². The number of amides is 1. The predicted octanol–water partition coefficient (Wildman–Crippen LogP) is 2.68. The normalized spacial score (nSPS) is 15.0. The van der Waals surface area contributed by atoms with E-state index < -0.39 is 10.0 Å². The van der Waals surface area contributed by atoms with Crippen LogP contribution in [0.15, 0.2) is 57.9 Å². The number of hydrogen-bond donors (Lipinski definition) is 0. The summed E-state index contributed by atoms with van der Waals surface area (Å²) in [6.45, 7) is 2.35. The lowest BCUT2D eigenvalue weighted by atomic mass is 10.2. The lowest BCUT2D eigenvalue weighted by molar-refractivity contribution is -0.131. The largest absolute Gasteiger partial charge is 0.370 e. The summed E-state index contributed by atoms with van der Waals surface area (Å²) in [4.78, 5) is 16.8. The molecule has 1 amide bonds. The smallest absolute Gasteiger partial charge is 0.243 e. The van der Waals surface area contributed by atoms with Gasteiger partial charge >= 0.3 is 0 Å². The molecule has 1 aliphatic rings. The van der Waals surface area contributed by atoms with Crippen LogP contribution in [0.5, 0.6) is 0 Å². The van der Waals surface area contributed by atoms with Gasteiger partial charge in [0.1, 0.15) is 0 Å². The Bertz CT molecular complexity index is 1030. The Morgan fingerprint density at radius 2 is 1.73 bits per heavy atom. The number of carbonyl (C=O) groups excluding carboxylic acids is 1. The van der Waals surface area contributed by atoms with Crippen molar-refractivity contribution in [3.8, 4) is 6.07 Å². The number of rotatable bonds is 5. The molecule has 1 aliphatic heterocycles. The van der Waals surface area contributed by atoms with Gasteiger partial charge in [-0.25, -0.2) is 8.42 Å². The molecule has 2 aromatic carbocycles. The standard InChI is InChI=1S/C21H23BrN4O3S/c1-24(30(28,29)20-9-5-18(22)6-10-20)16-21(27)26-12-2-11-25(13-14-26)19-7-3-17(15-23)4-8-19/h3-10H,2,11-14,16H2,1H3. The van der Waals surface area contributed by atoms with E-state index in [2.05, 4.69) is 26.9 Å². The molecule has 7 nitrogen and oxygen atoms in total. The summed E-state index contributed by atoms with van der Waals surface area (Å²) < 4.78 is 27.3. The summed E-state index contributed by atoms with van der Waals surface area (Å²) in [5.41, 5.74) is 1.62. The van der Waals surface area contributed by atoms with Crippen LogP contribution in [0.1, 0.15) is 12.0 Å². The maximum Gasteiger partial charge on any atom is 0.243 e. The van der Waals surface area contributed by atoms with Gasteiger partial charge in [-0.15, -0.1) is 0 Å². The Balaban J connectivity index is 1.61. The van der Waals surface area contributed by atoms with Gasteiger partial charge in [0.2, 0.25) is 15.9 Å². The molecule has 0 radical (unpaired) electrons. The average molecular weight is 491 g/mol. The first kappa shape index (κ1) is 22.3. The number of anilines is 1. The third kappa shape index (κ3) is 5.19. The van der Waals surface area contributed by atoms with E-state index in [0.29, 0.717) is 25.2 Å². The molecule has 0 bridgehead atoms. The highest BCUT2D eigenvalue weighted by atomic mass is 79.9. The van der Waals surface area contributed by atoms with Crippen molar-refractivity contribution in [2.24, 2.45) is 0 Å². The average Bonchev–Trinajstić information content (AvgIpc) is 3.00. The van der Waals surface area contributed by atoms with Gasteiger partial charge in [0.25, 0.3) is 0 Å². The molecule has 0 spiro atoms. The maximum atomic E-state index is 12.8. The number of sulfonamides is 1. The summed E-state index contributed by atoms with van der Waals surface area (Å²) in [6.07, 6.45) is 0.787. The van der Waals surface area contributed by atoms with E-state index in [9.17, 15) is 13.2 Å². The van der Waals surface area contributed by atoms with Gasteiger partial charge in [-0.2, -0.15) is 9.57 Å². The van der Waals surface area contributed by atoms with E-state index in [1.807, 2.05) is 12.1 Å². The van der Waals surface area contributed by atoms with E-state index in [1.54, 1.807) is 29.2 Å². The molecular formula is C21H23BrN4O3S. The zero-order valence-electron chi connectivity index (χ0n) is 16.7. The minimum Gasteiger partial charge on any atom is -0.370 e. The molecule has 3 rings (SSSR count). The summed E-state index contributed by atoms with van der Waals surface area (Å²) in [5, 5.41) is 8.94. The Hall–Kier alpha value is -2.41. The lowest BCUT2D eigenvalue weighted by Gasteiger charge is -2.25. The van der Waals surface area contributed by atoms with Crippen LogP contribution in [0, 0.1) is 11.3 Å². The number of carbonyl (C=O) groups is 1. The van der Waals surface area contributed by atoms with Crippen molar-refractivity contribution >= 4 is 37.5 Å². The Labute approximate surface area is 185 Å². The number of benzene rings is 2. The molecule has 0 aliphatic carbocycles. The quantitative estimate of drug-likeness (QED) is 0.642. The number of hydrogen-bond acceptors (Lipinski definition) is 5. The van der Waals surface area contributed by atoms with Crippen LogP contribution in [-0.4, -0.2) is 63.3 Å². The molecule has 2 aromatic rings. The first-order chi connectivity index (χ1) is 14.3. The number of halogens is 1. The minimum absolute atomic E-state index is 0.156. The number of likely N-dealkylation sites (N-methyl/N-ethyl adjacent to an activating group) is 1. The molecule has 1 fully saturated rings. The van der Waals surface area contributed by atoms with Crippen LogP contribution in [-0.2, 0) is 14.8 Å². The van der Waals surface area contributed by atoms with Crippen LogP contribution in [0.2, 0.25) is 0 Å². The Morgan fingerprint density at radius 3 is 2.37 bits per heavy atom. The summed E-state index contributed by atoms with van der Waals surface area (Å²) in [5.74, 6) is -0.208. The van der Waals surface area contributed by atoms with E-state index in [4.69, 9.17) is 5.26 Å². The van der Waals surface area contributed by atoms with Gasteiger partial charge < -0.3 is 9.80 Å². The van der Waals surface area contributed by atoms with Crippen molar-refractivity contribution in [3.63, 3.8) is 0 Å². The highest BCUT2D eigenvalue weighted by Gasteiger charge is 2.26. The van der Waals surface area contributed by atoms with Gasteiger partial charge in [-0.1, -0.05) is 15.9 Å². The molecule has 0 unspecified atom stereocenters. The second kappa shape index (κ2) is 9.60. The van der Waals surface area contributed by atoms with Crippen molar-refractivity contribution in [3.05, 3.63) is 58.6 Å². The Kier molecular flexibility index (Phi) is 7.13. The molecule has 9 heteroatoms. The molecule has 158 valence electrons. The fraction of sp³-hybridized carbons (Fsp3) is 0.333.